The number of hydroxylamine groups is 4. The zero-order valence-corrected chi connectivity index (χ0v) is 7.36. The third kappa shape index (κ3) is 1.65. The second-order valence-corrected chi connectivity index (χ2v) is 3.28. The minimum Gasteiger partial charge on any atom is -0.273 e. The summed E-state index contributed by atoms with van der Waals surface area (Å²) in [6, 6.07) is 0. The van der Waals surface area contributed by atoms with Gasteiger partial charge in [-0.1, -0.05) is 0 Å². The standard InChI is InChI=1S/C8H12N2O3/c11-7-3-1-5-9(7)13-10-6-2-4-8(10)12/h1-6H2. The summed E-state index contributed by atoms with van der Waals surface area (Å²) >= 11 is 0. The Hall–Kier alpha value is -1.10. The Balaban J connectivity index is 1.89. The van der Waals surface area contributed by atoms with Gasteiger partial charge in [-0.2, -0.15) is 10.1 Å². The van der Waals surface area contributed by atoms with Gasteiger partial charge in [0.25, 0.3) is 0 Å². The molecular formula is C8H12N2O3. The number of hydrogen-bond acceptors (Lipinski definition) is 3. The number of carbonyl (C=O) groups excluding carboxylic acids is 2. The highest BCUT2D eigenvalue weighted by molar-refractivity contribution is 5.78. The molecule has 5 nitrogen and oxygen atoms in total. The fourth-order valence-electron chi connectivity index (χ4n) is 1.54. The van der Waals surface area contributed by atoms with Gasteiger partial charge in [0, 0.05) is 12.8 Å². The number of nitrogens with zero attached hydrogens (tertiary/aromatic N) is 2. The summed E-state index contributed by atoms with van der Waals surface area (Å²) in [6.45, 7) is 1.20. The van der Waals surface area contributed by atoms with Gasteiger partial charge in [0.1, 0.15) is 0 Å². The van der Waals surface area contributed by atoms with Crippen LogP contribution < -0.4 is 0 Å². The number of rotatable bonds is 2. The highest BCUT2D eigenvalue weighted by Crippen LogP contribution is 2.16. The Kier molecular flexibility index (Phi) is 2.18. The van der Waals surface area contributed by atoms with Crippen molar-refractivity contribution in [1.82, 2.24) is 10.1 Å². The van der Waals surface area contributed by atoms with Crippen molar-refractivity contribution in [2.75, 3.05) is 13.1 Å². The third-order valence-corrected chi connectivity index (χ3v) is 2.26. The summed E-state index contributed by atoms with van der Waals surface area (Å²) in [5, 5.41) is 2.56. The molecule has 0 bridgehead atoms. The lowest BCUT2D eigenvalue weighted by molar-refractivity contribution is -0.285. The first-order chi connectivity index (χ1) is 6.27. The fraction of sp³-hybridized carbons (Fsp3) is 0.750. The zero-order valence-electron chi connectivity index (χ0n) is 7.36. The molecule has 2 heterocycles. The number of amides is 2. The van der Waals surface area contributed by atoms with E-state index >= 15 is 0 Å². The molecular weight excluding hydrogens is 172 g/mol. The van der Waals surface area contributed by atoms with Crippen LogP contribution in [0.25, 0.3) is 0 Å². The molecule has 0 aliphatic carbocycles. The van der Waals surface area contributed by atoms with Crippen molar-refractivity contribution in [3.05, 3.63) is 0 Å². The molecule has 0 saturated carbocycles. The molecule has 0 radical (unpaired) electrons. The van der Waals surface area contributed by atoms with E-state index in [2.05, 4.69) is 0 Å². The molecule has 2 rings (SSSR count). The molecule has 0 aromatic carbocycles. The average molecular weight is 184 g/mol. The van der Waals surface area contributed by atoms with E-state index in [0.717, 1.165) is 12.8 Å². The predicted molar refractivity (Wildman–Crippen MR) is 43.0 cm³/mol. The van der Waals surface area contributed by atoms with Crippen molar-refractivity contribution < 1.29 is 14.5 Å². The molecule has 0 aromatic heterocycles. The number of hydrogen-bond donors (Lipinski definition) is 0. The highest BCUT2D eigenvalue weighted by Gasteiger charge is 2.28. The van der Waals surface area contributed by atoms with Gasteiger partial charge in [-0.3, -0.25) is 9.59 Å². The molecule has 2 aliphatic rings. The van der Waals surface area contributed by atoms with Gasteiger partial charge in [0.2, 0.25) is 11.8 Å². The highest BCUT2D eigenvalue weighted by atomic mass is 16.8. The molecule has 0 atom stereocenters. The number of carbonyl (C=O) groups is 2. The minimum absolute atomic E-state index is 0.0281. The van der Waals surface area contributed by atoms with E-state index in [0.29, 0.717) is 25.9 Å². The Morgan fingerprint density at radius 2 is 1.38 bits per heavy atom. The van der Waals surface area contributed by atoms with E-state index in [1.54, 1.807) is 0 Å². The predicted octanol–water partition coefficient (Wildman–Crippen LogP) is 0.0778. The van der Waals surface area contributed by atoms with Crippen LogP contribution in [0.2, 0.25) is 0 Å². The van der Waals surface area contributed by atoms with E-state index in [1.165, 1.54) is 10.1 Å². The molecule has 0 spiro atoms. The lowest BCUT2D eigenvalue weighted by Gasteiger charge is -2.21. The van der Waals surface area contributed by atoms with Crippen LogP contribution in [0.15, 0.2) is 0 Å². The smallest absolute Gasteiger partial charge is 0.248 e. The molecule has 13 heavy (non-hydrogen) atoms. The van der Waals surface area contributed by atoms with Crippen LogP contribution in [0.4, 0.5) is 0 Å². The molecule has 0 aromatic rings. The van der Waals surface area contributed by atoms with Gasteiger partial charge >= 0.3 is 0 Å². The average Bonchev–Trinajstić information content (AvgIpc) is 2.65. The maximum absolute atomic E-state index is 11.1. The zero-order chi connectivity index (χ0) is 9.26. The Bertz CT molecular complexity index is 218. The van der Waals surface area contributed by atoms with Crippen LogP contribution in [0.1, 0.15) is 25.7 Å². The topological polar surface area (TPSA) is 49.9 Å². The Morgan fingerprint density at radius 3 is 1.69 bits per heavy atom. The van der Waals surface area contributed by atoms with E-state index < -0.39 is 0 Å². The van der Waals surface area contributed by atoms with Crippen LogP contribution >= 0.6 is 0 Å². The molecule has 72 valence electrons. The summed E-state index contributed by atoms with van der Waals surface area (Å²) in [7, 11) is 0. The summed E-state index contributed by atoms with van der Waals surface area (Å²) in [4.78, 5) is 27.4. The SMILES string of the molecule is O=C1CCCN1ON1CCCC1=O. The van der Waals surface area contributed by atoms with E-state index in [4.69, 9.17) is 4.94 Å². The van der Waals surface area contributed by atoms with Crippen molar-refractivity contribution in [3.8, 4) is 0 Å². The van der Waals surface area contributed by atoms with Crippen LogP contribution in [-0.4, -0.2) is 35.0 Å². The lowest BCUT2D eigenvalue weighted by atomic mass is 10.4. The van der Waals surface area contributed by atoms with Gasteiger partial charge in [-0.05, 0) is 12.8 Å². The van der Waals surface area contributed by atoms with Gasteiger partial charge in [0.05, 0.1) is 13.1 Å². The van der Waals surface area contributed by atoms with E-state index in [-0.39, 0.29) is 11.8 Å². The summed E-state index contributed by atoms with van der Waals surface area (Å²) < 4.78 is 0. The fourth-order valence-corrected chi connectivity index (χ4v) is 1.54. The monoisotopic (exact) mass is 184 g/mol. The van der Waals surface area contributed by atoms with Crippen molar-refractivity contribution in [1.29, 1.82) is 0 Å². The second-order valence-electron chi connectivity index (χ2n) is 3.28. The van der Waals surface area contributed by atoms with Crippen molar-refractivity contribution >= 4 is 11.8 Å². The van der Waals surface area contributed by atoms with Gasteiger partial charge < -0.3 is 0 Å². The third-order valence-electron chi connectivity index (χ3n) is 2.26. The first kappa shape index (κ1) is 8.50. The van der Waals surface area contributed by atoms with Crippen molar-refractivity contribution in [3.63, 3.8) is 0 Å². The van der Waals surface area contributed by atoms with Crippen LogP contribution in [0, 0.1) is 0 Å². The van der Waals surface area contributed by atoms with Crippen molar-refractivity contribution in [2.24, 2.45) is 0 Å². The van der Waals surface area contributed by atoms with Crippen LogP contribution in [0.3, 0.4) is 0 Å². The maximum Gasteiger partial charge on any atom is 0.248 e. The van der Waals surface area contributed by atoms with Crippen molar-refractivity contribution in [2.45, 2.75) is 25.7 Å². The lowest BCUT2D eigenvalue weighted by Crippen LogP contribution is -2.36. The summed E-state index contributed by atoms with van der Waals surface area (Å²) in [6.07, 6.45) is 2.70. The first-order valence-corrected chi connectivity index (χ1v) is 4.56. The largest absolute Gasteiger partial charge is 0.273 e. The molecule has 2 aliphatic heterocycles. The van der Waals surface area contributed by atoms with E-state index in [1.807, 2.05) is 0 Å². The molecule has 2 fully saturated rings. The molecule has 2 saturated heterocycles. The van der Waals surface area contributed by atoms with E-state index in [9.17, 15) is 9.59 Å². The van der Waals surface area contributed by atoms with Crippen LogP contribution in [-0.2, 0) is 14.5 Å². The quantitative estimate of drug-likeness (QED) is 0.610. The summed E-state index contributed by atoms with van der Waals surface area (Å²) in [5.41, 5.74) is 0. The summed E-state index contributed by atoms with van der Waals surface area (Å²) in [5.74, 6) is -0.0561. The molecule has 0 N–H and O–H groups in total. The minimum atomic E-state index is -0.0281. The Labute approximate surface area is 76.1 Å². The normalized spacial score (nSPS) is 23.4. The molecule has 2 amide bonds. The Morgan fingerprint density at radius 1 is 0.923 bits per heavy atom. The van der Waals surface area contributed by atoms with Crippen LogP contribution in [0.5, 0.6) is 0 Å². The van der Waals surface area contributed by atoms with Gasteiger partial charge in [-0.15, -0.1) is 4.94 Å². The maximum atomic E-state index is 11.1. The second kappa shape index (κ2) is 3.33. The molecule has 5 heteroatoms. The first-order valence-electron chi connectivity index (χ1n) is 4.56. The van der Waals surface area contributed by atoms with Gasteiger partial charge in [0.15, 0.2) is 0 Å². The van der Waals surface area contributed by atoms with Gasteiger partial charge in [-0.25, -0.2) is 0 Å². The molecule has 0 unspecified atom stereocenters.